The summed E-state index contributed by atoms with van der Waals surface area (Å²) in [5, 5.41) is 4.47. The Balaban J connectivity index is 2.25. The highest BCUT2D eigenvalue weighted by Gasteiger charge is 2.14. The van der Waals surface area contributed by atoms with Crippen LogP contribution in [0.5, 0.6) is 0 Å². The number of hydrogen-bond acceptors (Lipinski definition) is 2. The number of nitrogens with zero attached hydrogens (tertiary/aromatic N) is 2. The van der Waals surface area contributed by atoms with Gasteiger partial charge in [0.25, 0.3) is 0 Å². The molecule has 2 rings (SSSR count). The van der Waals surface area contributed by atoms with Crippen molar-refractivity contribution < 1.29 is 0 Å². The van der Waals surface area contributed by atoms with Crippen molar-refractivity contribution >= 4 is 15.9 Å². The van der Waals surface area contributed by atoms with Gasteiger partial charge in [0.2, 0.25) is 0 Å². The third-order valence-corrected chi connectivity index (χ3v) is 4.28. The van der Waals surface area contributed by atoms with Crippen LogP contribution in [0.3, 0.4) is 0 Å². The molecule has 0 saturated carbocycles. The standard InChI is InChI=1S/C15H20BrN3/c1-4-19-12(8-10(2)18-19)9-15(17)13-6-5-7-14(16)11(13)3/h5-8,15H,4,9,17H2,1-3H3. The van der Waals surface area contributed by atoms with Crippen molar-refractivity contribution in [1.82, 2.24) is 9.78 Å². The van der Waals surface area contributed by atoms with Crippen LogP contribution in [0.15, 0.2) is 28.7 Å². The van der Waals surface area contributed by atoms with E-state index in [1.54, 1.807) is 0 Å². The maximum absolute atomic E-state index is 6.37. The monoisotopic (exact) mass is 321 g/mol. The molecular formula is C15H20BrN3. The predicted octanol–water partition coefficient (Wildman–Crippen LogP) is 3.52. The molecule has 1 aromatic carbocycles. The molecule has 1 unspecified atom stereocenters. The third-order valence-electron chi connectivity index (χ3n) is 3.42. The van der Waals surface area contributed by atoms with E-state index in [1.165, 1.54) is 16.8 Å². The lowest BCUT2D eigenvalue weighted by atomic mass is 9.98. The molecule has 2 aromatic rings. The lowest BCUT2D eigenvalue weighted by Crippen LogP contribution is -2.17. The second kappa shape index (κ2) is 5.88. The number of halogens is 1. The summed E-state index contributed by atoms with van der Waals surface area (Å²) in [4.78, 5) is 0. The summed E-state index contributed by atoms with van der Waals surface area (Å²) in [5.41, 5.74) is 11.0. The Kier molecular flexibility index (Phi) is 4.42. The van der Waals surface area contributed by atoms with Gasteiger partial charge in [0.15, 0.2) is 0 Å². The van der Waals surface area contributed by atoms with E-state index in [2.05, 4.69) is 47.0 Å². The minimum absolute atomic E-state index is 0.00102. The van der Waals surface area contributed by atoms with E-state index < -0.39 is 0 Å². The van der Waals surface area contributed by atoms with Gasteiger partial charge in [-0.1, -0.05) is 28.1 Å². The Morgan fingerprint density at radius 3 is 2.79 bits per heavy atom. The molecule has 3 nitrogen and oxygen atoms in total. The number of aryl methyl sites for hydroxylation is 2. The second-order valence-electron chi connectivity index (χ2n) is 4.86. The minimum Gasteiger partial charge on any atom is -0.324 e. The molecule has 102 valence electrons. The molecule has 2 N–H and O–H groups in total. The minimum atomic E-state index is -0.00102. The third kappa shape index (κ3) is 3.07. The lowest BCUT2D eigenvalue weighted by molar-refractivity contribution is 0.586. The van der Waals surface area contributed by atoms with Crippen molar-refractivity contribution in [2.75, 3.05) is 0 Å². The van der Waals surface area contributed by atoms with Crippen LogP contribution in [0.25, 0.3) is 0 Å². The number of hydrogen-bond donors (Lipinski definition) is 1. The SMILES string of the molecule is CCn1nc(C)cc1CC(N)c1cccc(Br)c1C. The van der Waals surface area contributed by atoms with Crippen molar-refractivity contribution in [1.29, 1.82) is 0 Å². The van der Waals surface area contributed by atoms with Gasteiger partial charge in [0, 0.05) is 29.2 Å². The molecule has 1 aromatic heterocycles. The summed E-state index contributed by atoms with van der Waals surface area (Å²) in [7, 11) is 0. The van der Waals surface area contributed by atoms with Crippen LogP contribution < -0.4 is 5.73 Å². The number of aromatic nitrogens is 2. The molecule has 0 aliphatic carbocycles. The van der Waals surface area contributed by atoms with Crippen molar-refractivity contribution in [2.24, 2.45) is 5.73 Å². The summed E-state index contributed by atoms with van der Waals surface area (Å²) >= 11 is 3.56. The zero-order chi connectivity index (χ0) is 14.0. The van der Waals surface area contributed by atoms with Crippen LogP contribution in [0, 0.1) is 13.8 Å². The first-order valence-electron chi connectivity index (χ1n) is 6.56. The maximum atomic E-state index is 6.37. The van der Waals surface area contributed by atoms with Gasteiger partial charge < -0.3 is 5.73 Å². The fraction of sp³-hybridized carbons (Fsp3) is 0.400. The molecule has 0 spiro atoms. The molecule has 1 atom stereocenters. The van der Waals surface area contributed by atoms with Crippen LogP contribution in [-0.2, 0) is 13.0 Å². The fourth-order valence-corrected chi connectivity index (χ4v) is 2.78. The van der Waals surface area contributed by atoms with E-state index in [1.807, 2.05) is 23.7 Å². The van der Waals surface area contributed by atoms with E-state index in [4.69, 9.17) is 5.73 Å². The molecule has 19 heavy (non-hydrogen) atoms. The smallest absolute Gasteiger partial charge is 0.0596 e. The Labute approximate surface area is 122 Å². The van der Waals surface area contributed by atoms with Crippen molar-refractivity contribution in [2.45, 2.75) is 39.8 Å². The molecular weight excluding hydrogens is 302 g/mol. The van der Waals surface area contributed by atoms with Gasteiger partial charge in [-0.25, -0.2) is 0 Å². The van der Waals surface area contributed by atoms with Gasteiger partial charge in [-0.2, -0.15) is 5.10 Å². The first-order chi connectivity index (χ1) is 9.02. The molecule has 0 saturated heterocycles. The summed E-state index contributed by atoms with van der Waals surface area (Å²) in [5.74, 6) is 0. The first kappa shape index (κ1) is 14.3. The Morgan fingerprint density at radius 2 is 2.11 bits per heavy atom. The van der Waals surface area contributed by atoms with Crippen LogP contribution in [0.1, 0.15) is 35.5 Å². The second-order valence-corrected chi connectivity index (χ2v) is 5.71. The largest absolute Gasteiger partial charge is 0.324 e. The average Bonchev–Trinajstić information content (AvgIpc) is 2.72. The van der Waals surface area contributed by atoms with E-state index in [-0.39, 0.29) is 6.04 Å². The fourth-order valence-electron chi connectivity index (χ4n) is 2.40. The number of benzene rings is 1. The normalized spacial score (nSPS) is 12.7. The van der Waals surface area contributed by atoms with E-state index >= 15 is 0 Å². The average molecular weight is 322 g/mol. The van der Waals surface area contributed by atoms with Crippen LogP contribution in [-0.4, -0.2) is 9.78 Å². The molecule has 0 amide bonds. The highest BCUT2D eigenvalue weighted by atomic mass is 79.9. The molecule has 0 radical (unpaired) electrons. The molecule has 4 heteroatoms. The van der Waals surface area contributed by atoms with Gasteiger partial charge >= 0.3 is 0 Å². The lowest BCUT2D eigenvalue weighted by Gasteiger charge is -2.16. The molecule has 0 fully saturated rings. The molecule has 0 aliphatic rings. The summed E-state index contributed by atoms with van der Waals surface area (Å²) in [6.07, 6.45) is 0.811. The van der Waals surface area contributed by atoms with Crippen molar-refractivity contribution in [3.63, 3.8) is 0 Å². The van der Waals surface area contributed by atoms with E-state index in [9.17, 15) is 0 Å². The summed E-state index contributed by atoms with van der Waals surface area (Å²) in [6, 6.07) is 8.31. The van der Waals surface area contributed by atoms with E-state index in [0.29, 0.717) is 0 Å². The molecule has 0 aliphatic heterocycles. The van der Waals surface area contributed by atoms with E-state index in [0.717, 1.165) is 23.1 Å². The first-order valence-corrected chi connectivity index (χ1v) is 7.36. The van der Waals surface area contributed by atoms with Gasteiger partial charge in [-0.15, -0.1) is 0 Å². The van der Waals surface area contributed by atoms with Gasteiger partial charge in [0.1, 0.15) is 0 Å². The van der Waals surface area contributed by atoms with Gasteiger partial charge in [-0.3, -0.25) is 4.68 Å². The van der Waals surface area contributed by atoms with Crippen LogP contribution >= 0.6 is 15.9 Å². The van der Waals surface area contributed by atoms with Crippen molar-refractivity contribution in [3.8, 4) is 0 Å². The van der Waals surface area contributed by atoms with Gasteiger partial charge in [0.05, 0.1) is 5.69 Å². The highest BCUT2D eigenvalue weighted by Crippen LogP contribution is 2.25. The Bertz CT molecular complexity index is 575. The molecule has 1 heterocycles. The van der Waals surface area contributed by atoms with Crippen LogP contribution in [0.2, 0.25) is 0 Å². The van der Waals surface area contributed by atoms with Gasteiger partial charge in [-0.05, 0) is 44.0 Å². The van der Waals surface area contributed by atoms with Crippen molar-refractivity contribution in [3.05, 3.63) is 51.3 Å². The number of rotatable bonds is 4. The zero-order valence-electron chi connectivity index (χ0n) is 11.7. The summed E-state index contributed by atoms with van der Waals surface area (Å²) < 4.78 is 3.14. The molecule has 0 bridgehead atoms. The predicted molar refractivity (Wildman–Crippen MR) is 82.1 cm³/mol. The zero-order valence-corrected chi connectivity index (χ0v) is 13.2. The highest BCUT2D eigenvalue weighted by molar-refractivity contribution is 9.10. The quantitative estimate of drug-likeness (QED) is 0.936. The summed E-state index contributed by atoms with van der Waals surface area (Å²) in [6.45, 7) is 7.10. The Morgan fingerprint density at radius 1 is 1.37 bits per heavy atom. The topological polar surface area (TPSA) is 43.8 Å². The maximum Gasteiger partial charge on any atom is 0.0596 e. The Hall–Kier alpha value is -1.13. The van der Waals surface area contributed by atoms with Crippen LogP contribution in [0.4, 0.5) is 0 Å². The number of nitrogens with two attached hydrogens (primary N) is 1.